The van der Waals surface area contributed by atoms with Crippen LogP contribution >= 0.6 is 0 Å². The number of ether oxygens (including phenoxy) is 2. The maximum Gasteiger partial charge on any atom is 0.524 e. The van der Waals surface area contributed by atoms with E-state index in [0.29, 0.717) is 19.4 Å². The number of carbonyl (C=O) groups is 4. The van der Waals surface area contributed by atoms with Crippen molar-refractivity contribution in [3.05, 3.63) is 35.9 Å². The van der Waals surface area contributed by atoms with Crippen molar-refractivity contribution in [1.82, 2.24) is 5.32 Å². The molecular weight excluding hydrogens is 452 g/mol. The van der Waals surface area contributed by atoms with Gasteiger partial charge >= 0.3 is 23.9 Å². The second-order valence-corrected chi connectivity index (χ2v) is 10.0. The van der Waals surface area contributed by atoms with Gasteiger partial charge in [0, 0.05) is 6.54 Å². The molecule has 0 aromatic heterocycles. The van der Waals surface area contributed by atoms with Crippen molar-refractivity contribution in [2.45, 2.75) is 78.0 Å². The number of quaternary nitrogens is 1. The summed E-state index contributed by atoms with van der Waals surface area (Å²) in [5.41, 5.74) is -0.133. The highest BCUT2D eigenvalue weighted by molar-refractivity contribution is 5.90. The van der Waals surface area contributed by atoms with Crippen molar-refractivity contribution in [3.8, 4) is 0 Å². The van der Waals surface area contributed by atoms with Gasteiger partial charge in [-0.25, -0.2) is 9.59 Å². The van der Waals surface area contributed by atoms with E-state index in [-0.39, 0.29) is 19.7 Å². The molecule has 9 nitrogen and oxygen atoms in total. The molecule has 2 rings (SSSR count). The maximum absolute atomic E-state index is 14.0. The minimum absolute atomic E-state index is 0.00621. The number of carboxylic acid groups (broad SMARTS) is 1. The Labute approximate surface area is 207 Å². The summed E-state index contributed by atoms with van der Waals surface area (Å²) in [5.74, 6) is -3.35. The number of imide groups is 1. The lowest BCUT2D eigenvalue weighted by molar-refractivity contribution is -0.806. The summed E-state index contributed by atoms with van der Waals surface area (Å²) >= 11 is 0. The monoisotopic (exact) mass is 491 g/mol. The Morgan fingerprint density at radius 3 is 2.43 bits per heavy atom. The van der Waals surface area contributed by atoms with Crippen molar-refractivity contribution in [1.29, 1.82) is 0 Å². The molecule has 0 aliphatic carbocycles. The fourth-order valence-corrected chi connectivity index (χ4v) is 4.30. The highest BCUT2D eigenvalue weighted by Gasteiger charge is 2.60. The summed E-state index contributed by atoms with van der Waals surface area (Å²) in [6.07, 6.45) is 1.44. The Balaban J connectivity index is 2.44. The number of nitrogens with one attached hydrogen (secondary N) is 1. The van der Waals surface area contributed by atoms with Gasteiger partial charge < -0.3 is 19.9 Å². The fourth-order valence-electron chi connectivity index (χ4n) is 4.30. The van der Waals surface area contributed by atoms with Crippen LogP contribution in [0.25, 0.3) is 0 Å². The molecule has 1 unspecified atom stereocenters. The zero-order valence-corrected chi connectivity index (χ0v) is 21.2. The van der Waals surface area contributed by atoms with Crippen LogP contribution in [-0.4, -0.2) is 64.8 Å². The third kappa shape index (κ3) is 7.86. The van der Waals surface area contributed by atoms with Gasteiger partial charge in [0.15, 0.2) is 0 Å². The maximum atomic E-state index is 14.0. The molecule has 1 aliphatic rings. The van der Waals surface area contributed by atoms with Crippen LogP contribution < -0.4 is 5.32 Å². The molecule has 0 bridgehead atoms. The number of rotatable bonds is 10. The Morgan fingerprint density at radius 2 is 1.83 bits per heavy atom. The molecule has 1 fully saturated rings. The standard InChI is InChI=1S/C26H38N2O7/c1-5-6-8-13-20(16-22(29)30)23(31)28(25(33)35-26(2,3)4)15-14-27-17-21(28)24(32)34-18-19-11-9-7-10-12-19/h7,9-12,20-21,27H,5-6,8,13-18H2,1-4H3/p+1/t20-,21?,28-/m0/s1. The van der Waals surface area contributed by atoms with Gasteiger partial charge in [-0.3, -0.25) is 4.79 Å². The second-order valence-electron chi connectivity index (χ2n) is 10.0. The molecule has 0 saturated carbocycles. The van der Waals surface area contributed by atoms with Crippen LogP contribution in [-0.2, 0) is 30.5 Å². The molecule has 1 heterocycles. The Kier molecular flexibility index (Phi) is 10.4. The number of amides is 2. The van der Waals surface area contributed by atoms with Gasteiger partial charge in [0.25, 0.3) is 0 Å². The summed E-state index contributed by atoms with van der Waals surface area (Å²) in [5, 5.41) is 12.6. The largest absolute Gasteiger partial charge is 0.524 e. The predicted molar refractivity (Wildman–Crippen MR) is 129 cm³/mol. The zero-order chi connectivity index (χ0) is 26.1. The Hall–Kier alpha value is -2.78. The first-order valence-electron chi connectivity index (χ1n) is 12.3. The van der Waals surface area contributed by atoms with Crippen molar-refractivity contribution >= 4 is 23.9 Å². The fraction of sp³-hybridized carbons (Fsp3) is 0.615. The Bertz CT molecular complexity index is 881. The molecule has 1 saturated heterocycles. The normalized spacial score (nSPS) is 21.1. The van der Waals surface area contributed by atoms with Crippen LogP contribution in [0.3, 0.4) is 0 Å². The third-order valence-electron chi connectivity index (χ3n) is 6.05. The second kappa shape index (κ2) is 12.8. The van der Waals surface area contributed by atoms with E-state index in [0.717, 1.165) is 18.4 Å². The van der Waals surface area contributed by atoms with E-state index >= 15 is 0 Å². The van der Waals surface area contributed by atoms with E-state index in [1.54, 1.807) is 20.8 Å². The summed E-state index contributed by atoms with van der Waals surface area (Å²) in [6.45, 7) is 7.37. The topological polar surface area (TPSA) is 119 Å². The van der Waals surface area contributed by atoms with Crippen molar-refractivity contribution < 1.29 is 38.2 Å². The van der Waals surface area contributed by atoms with Crippen molar-refractivity contribution in [3.63, 3.8) is 0 Å². The van der Waals surface area contributed by atoms with Crippen LogP contribution in [0, 0.1) is 5.92 Å². The van der Waals surface area contributed by atoms with Gasteiger partial charge in [-0.05, 0) is 32.8 Å². The zero-order valence-electron chi connectivity index (χ0n) is 21.2. The quantitative estimate of drug-likeness (QED) is 0.289. The summed E-state index contributed by atoms with van der Waals surface area (Å²) in [4.78, 5) is 52.6. The number of esters is 1. The minimum Gasteiger partial charge on any atom is -0.481 e. The highest BCUT2D eigenvalue weighted by Crippen LogP contribution is 2.30. The molecule has 9 heteroatoms. The summed E-state index contributed by atoms with van der Waals surface area (Å²) in [6, 6.07) is 7.93. The first kappa shape index (κ1) is 28.5. The molecule has 3 atom stereocenters. The van der Waals surface area contributed by atoms with Gasteiger partial charge in [-0.15, -0.1) is 4.48 Å². The van der Waals surface area contributed by atoms with Crippen molar-refractivity contribution in [2.24, 2.45) is 5.92 Å². The molecule has 0 radical (unpaired) electrons. The number of carbonyl (C=O) groups excluding carboxylic acids is 3. The van der Waals surface area contributed by atoms with E-state index < -0.39 is 52.4 Å². The van der Waals surface area contributed by atoms with Gasteiger partial charge in [0.2, 0.25) is 6.04 Å². The molecule has 35 heavy (non-hydrogen) atoms. The molecular formula is C26H39N2O7+. The van der Waals surface area contributed by atoms with Gasteiger partial charge in [0.1, 0.15) is 18.8 Å². The molecule has 194 valence electrons. The number of aliphatic carboxylic acids is 1. The molecule has 1 aromatic carbocycles. The average molecular weight is 492 g/mol. The Morgan fingerprint density at radius 1 is 1.14 bits per heavy atom. The number of hydrogen-bond acceptors (Lipinski definition) is 7. The lowest BCUT2D eigenvalue weighted by atomic mass is 9.93. The molecule has 0 spiro atoms. The first-order valence-corrected chi connectivity index (χ1v) is 12.3. The van der Waals surface area contributed by atoms with E-state index in [4.69, 9.17) is 9.47 Å². The minimum atomic E-state index is -1.18. The van der Waals surface area contributed by atoms with Gasteiger partial charge in [0.05, 0.1) is 18.9 Å². The van der Waals surface area contributed by atoms with Crippen LogP contribution in [0.15, 0.2) is 30.3 Å². The summed E-state index contributed by atoms with van der Waals surface area (Å²) in [7, 11) is 0. The summed E-state index contributed by atoms with van der Waals surface area (Å²) < 4.78 is 10.3. The van der Waals surface area contributed by atoms with Gasteiger partial charge in [-0.2, -0.15) is 4.79 Å². The number of unbranched alkanes of at least 4 members (excludes halogenated alkanes) is 2. The van der Waals surface area contributed by atoms with Crippen LogP contribution in [0.2, 0.25) is 0 Å². The predicted octanol–water partition coefficient (Wildman–Crippen LogP) is 3.65. The van der Waals surface area contributed by atoms with E-state index in [1.165, 1.54) is 0 Å². The van der Waals surface area contributed by atoms with E-state index in [1.807, 2.05) is 37.3 Å². The van der Waals surface area contributed by atoms with E-state index in [9.17, 15) is 24.3 Å². The number of nitrogens with zero attached hydrogens (tertiary/aromatic N) is 1. The third-order valence-corrected chi connectivity index (χ3v) is 6.05. The van der Waals surface area contributed by atoms with Crippen LogP contribution in [0.4, 0.5) is 4.79 Å². The molecule has 1 aliphatic heterocycles. The lowest BCUT2D eigenvalue weighted by Gasteiger charge is -2.42. The molecule has 2 N–H and O–H groups in total. The average Bonchev–Trinajstić information content (AvgIpc) is 2.80. The number of carboxylic acids is 1. The smallest absolute Gasteiger partial charge is 0.481 e. The SMILES string of the molecule is CCCCC[C@@H](CC(=O)O)C(=O)[N@+]1(C(=O)OC(C)(C)C)CCNCC1C(=O)OCc1ccccc1. The number of hydrogen-bond donors (Lipinski definition) is 2. The number of benzene rings is 1. The molecule has 2 amide bonds. The first-order chi connectivity index (χ1) is 16.5. The van der Waals surface area contributed by atoms with Crippen LogP contribution in [0.5, 0.6) is 0 Å². The lowest BCUT2D eigenvalue weighted by Crippen LogP contribution is -2.74. The van der Waals surface area contributed by atoms with E-state index in [2.05, 4.69) is 5.32 Å². The van der Waals surface area contributed by atoms with Gasteiger partial charge in [-0.1, -0.05) is 56.5 Å². The van der Waals surface area contributed by atoms with Crippen molar-refractivity contribution in [2.75, 3.05) is 19.6 Å². The molecule has 1 aromatic rings. The highest BCUT2D eigenvalue weighted by atomic mass is 16.6. The number of piperazine rings is 1. The van der Waals surface area contributed by atoms with Crippen LogP contribution in [0.1, 0.15) is 65.4 Å².